The van der Waals surface area contributed by atoms with E-state index >= 15 is 0 Å². The summed E-state index contributed by atoms with van der Waals surface area (Å²) in [5, 5.41) is 3.43. The number of furan rings is 1. The molecule has 1 aliphatic rings. The molecule has 0 aromatic carbocycles. The van der Waals surface area contributed by atoms with Crippen molar-refractivity contribution < 1.29 is 4.42 Å². The number of nitrogens with zero attached hydrogens (tertiary/aromatic N) is 1. The van der Waals surface area contributed by atoms with Gasteiger partial charge in [-0.25, -0.2) is 4.98 Å². The molecule has 1 atom stereocenters. The lowest BCUT2D eigenvalue weighted by Gasteiger charge is -2.04. The summed E-state index contributed by atoms with van der Waals surface area (Å²) in [7, 11) is 0. The second-order valence-corrected chi connectivity index (χ2v) is 5.09. The number of rotatable bonds is 1. The lowest BCUT2D eigenvalue weighted by Crippen LogP contribution is -2.11. The zero-order chi connectivity index (χ0) is 11.1. The van der Waals surface area contributed by atoms with Crippen LogP contribution in [-0.2, 0) is 0 Å². The normalized spacial score (nSPS) is 20.8. The number of hydrogen-bond acceptors (Lipinski definition) is 3. The van der Waals surface area contributed by atoms with Gasteiger partial charge in [0.25, 0.3) is 0 Å². The Morgan fingerprint density at radius 1 is 1.50 bits per heavy atom. The van der Waals surface area contributed by atoms with Gasteiger partial charge < -0.3 is 9.73 Å². The van der Waals surface area contributed by atoms with Crippen molar-refractivity contribution in [2.24, 2.45) is 0 Å². The van der Waals surface area contributed by atoms with Crippen molar-refractivity contribution in [3.05, 3.63) is 28.1 Å². The maximum absolute atomic E-state index is 5.83. The van der Waals surface area contributed by atoms with Gasteiger partial charge in [0.2, 0.25) is 0 Å². The van der Waals surface area contributed by atoms with E-state index in [1.165, 1.54) is 6.42 Å². The minimum absolute atomic E-state index is 0.369. The van der Waals surface area contributed by atoms with Crippen LogP contribution in [0.2, 0.25) is 0 Å². The summed E-state index contributed by atoms with van der Waals surface area (Å²) in [4.78, 5) is 4.50. The van der Waals surface area contributed by atoms with Crippen LogP contribution >= 0.6 is 15.9 Å². The predicted molar refractivity (Wildman–Crippen MR) is 66.4 cm³/mol. The zero-order valence-corrected chi connectivity index (χ0v) is 10.7. The van der Waals surface area contributed by atoms with E-state index in [1.54, 1.807) is 0 Å². The van der Waals surface area contributed by atoms with Crippen molar-refractivity contribution in [1.29, 1.82) is 0 Å². The minimum atomic E-state index is 0.369. The molecule has 0 bridgehead atoms. The summed E-state index contributed by atoms with van der Waals surface area (Å²) in [6.07, 6.45) is 2.37. The number of fused-ring (bicyclic) bond motifs is 1. The Morgan fingerprint density at radius 3 is 3.12 bits per heavy atom. The Hall–Kier alpha value is -0.870. The number of aromatic nitrogens is 1. The van der Waals surface area contributed by atoms with Crippen molar-refractivity contribution in [1.82, 2.24) is 10.3 Å². The van der Waals surface area contributed by atoms with Crippen LogP contribution in [0, 0.1) is 6.92 Å². The van der Waals surface area contributed by atoms with E-state index in [9.17, 15) is 0 Å². The van der Waals surface area contributed by atoms with Gasteiger partial charge in [-0.2, -0.15) is 0 Å². The lowest BCUT2D eigenvalue weighted by molar-refractivity contribution is 0.470. The average Bonchev–Trinajstić information content (AvgIpc) is 2.86. The third kappa shape index (κ3) is 1.66. The summed E-state index contributed by atoms with van der Waals surface area (Å²) in [6, 6.07) is 4.42. The van der Waals surface area contributed by atoms with Gasteiger partial charge in [0.05, 0.1) is 11.7 Å². The molecule has 0 aliphatic carbocycles. The molecule has 2 aromatic rings. The number of aryl methyl sites for hydroxylation is 1. The van der Waals surface area contributed by atoms with Gasteiger partial charge in [-0.15, -0.1) is 0 Å². The maximum Gasteiger partial charge on any atom is 0.153 e. The molecule has 4 heteroatoms. The molecule has 3 rings (SSSR count). The van der Waals surface area contributed by atoms with Crippen molar-refractivity contribution in [2.75, 3.05) is 6.54 Å². The first kappa shape index (κ1) is 10.3. The highest BCUT2D eigenvalue weighted by Gasteiger charge is 2.20. The first-order valence-corrected chi connectivity index (χ1v) is 6.33. The van der Waals surface area contributed by atoms with Crippen molar-refractivity contribution in [3.8, 4) is 0 Å². The van der Waals surface area contributed by atoms with E-state index in [0.717, 1.165) is 40.0 Å². The SMILES string of the molecule is Cc1nc2cc([C@H]3CCCN3)oc2cc1Br. The fourth-order valence-electron chi connectivity index (χ4n) is 2.16. The minimum Gasteiger partial charge on any atom is -0.458 e. The Labute approximate surface area is 102 Å². The Kier molecular flexibility index (Phi) is 2.48. The Morgan fingerprint density at radius 2 is 2.38 bits per heavy atom. The Bertz CT molecular complexity index is 490. The van der Waals surface area contributed by atoms with Crippen molar-refractivity contribution >= 4 is 27.0 Å². The van der Waals surface area contributed by atoms with Crippen molar-refractivity contribution in [2.45, 2.75) is 25.8 Å². The molecule has 0 unspecified atom stereocenters. The van der Waals surface area contributed by atoms with Crippen molar-refractivity contribution in [3.63, 3.8) is 0 Å². The molecule has 0 spiro atoms. The highest BCUT2D eigenvalue weighted by Crippen LogP contribution is 2.30. The summed E-state index contributed by atoms with van der Waals surface area (Å²) < 4.78 is 6.83. The lowest BCUT2D eigenvalue weighted by atomic mass is 10.2. The molecular formula is C12H13BrN2O. The molecule has 0 amide bonds. The Balaban J connectivity index is 2.08. The fraction of sp³-hybridized carbons (Fsp3) is 0.417. The zero-order valence-electron chi connectivity index (χ0n) is 9.09. The van der Waals surface area contributed by atoms with Crippen LogP contribution in [0.3, 0.4) is 0 Å². The van der Waals surface area contributed by atoms with Gasteiger partial charge in [-0.1, -0.05) is 0 Å². The van der Waals surface area contributed by atoms with Gasteiger partial charge in [-0.3, -0.25) is 0 Å². The molecule has 1 fully saturated rings. The van der Waals surface area contributed by atoms with Crippen LogP contribution < -0.4 is 5.32 Å². The number of nitrogens with one attached hydrogen (secondary N) is 1. The van der Waals surface area contributed by atoms with Crippen LogP contribution in [0.5, 0.6) is 0 Å². The van der Waals surface area contributed by atoms with Crippen LogP contribution in [0.15, 0.2) is 21.0 Å². The number of pyridine rings is 1. The fourth-order valence-corrected chi connectivity index (χ4v) is 2.45. The van der Waals surface area contributed by atoms with Gasteiger partial charge in [-0.05, 0) is 48.3 Å². The molecule has 3 nitrogen and oxygen atoms in total. The summed E-state index contributed by atoms with van der Waals surface area (Å²) in [5.74, 6) is 1.01. The maximum atomic E-state index is 5.83. The molecule has 3 heterocycles. The third-order valence-electron chi connectivity index (χ3n) is 3.05. The van der Waals surface area contributed by atoms with Gasteiger partial charge in [0, 0.05) is 10.5 Å². The van der Waals surface area contributed by atoms with Gasteiger partial charge in [0.1, 0.15) is 11.3 Å². The van der Waals surface area contributed by atoms with Gasteiger partial charge >= 0.3 is 0 Å². The van der Waals surface area contributed by atoms with E-state index in [2.05, 4.69) is 32.3 Å². The first-order chi connectivity index (χ1) is 7.74. The van der Waals surface area contributed by atoms with Crippen LogP contribution in [-0.4, -0.2) is 11.5 Å². The van der Waals surface area contributed by atoms with Gasteiger partial charge in [0.15, 0.2) is 5.58 Å². The molecule has 1 aliphatic heterocycles. The molecule has 84 valence electrons. The topological polar surface area (TPSA) is 38.1 Å². The number of hydrogen-bond donors (Lipinski definition) is 1. The van der Waals surface area contributed by atoms with E-state index in [4.69, 9.17) is 4.42 Å². The largest absolute Gasteiger partial charge is 0.458 e. The quantitative estimate of drug-likeness (QED) is 0.871. The molecule has 0 radical (unpaired) electrons. The second-order valence-electron chi connectivity index (χ2n) is 4.24. The molecule has 1 N–H and O–H groups in total. The van der Waals surface area contributed by atoms with E-state index in [-0.39, 0.29) is 0 Å². The second kappa shape index (κ2) is 3.86. The van der Waals surface area contributed by atoms with Crippen LogP contribution in [0.25, 0.3) is 11.1 Å². The molecule has 1 saturated heterocycles. The smallest absolute Gasteiger partial charge is 0.153 e. The predicted octanol–water partition coefficient (Wildman–Crippen LogP) is 3.32. The average molecular weight is 281 g/mol. The molecular weight excluding hydrogens is 268 g/mol. The van der Waals surface area contributed by atoms with Crippen LogP contribution in [0.4, 0.5) is 0 Å². The third-order valence-corrected chi connectivity index (χ3v) is 3.86. The number of halogens is 1. The summed E-state index contributed by atoms with van der Waals surface area (Å²) >= 11 is 3.47. The summed E-state index contributed by atoms with van der Waals surface area (Å²) in [6.45, 7) is 3.07. The molecule has 16 heavy (non-hydrogen) atoms. The standard InChI is InChI=1S/C12H13BrN2O/c1-7-8(13)5-11-10(15-7)6-12(16-11)9-3-2-4-14-9/h5-6,9,14H,2-4H2,1H3/t9-/m1/s1. The highest BCUT2D eigenvalue weighted by atomic mass is 79.9. The molecule has 2 aromatic heterocycles. The highest BCUT2D eigenvalue weighted by molar-refractivity contribution is 9.10. The summed E-state index contributed by atoms with van der Waals surface area (Å²) in [5.41, 5.74) is 2.81. The first-order valence-electron chi connectivity index (χ1n) is 5.54. The van der Waals surface area contributed by atoms with E-state index in [1.807, 2.05) is 13.0 Å². The molecule has 0 saturated carbocycles. The monoisotopic (exact) mass is 280 g/mol. The van der Waals surface area contributed by atoms with E-state index in [0.29, 0.717) is 6.04 Å². The van der Waals surface area contributed by atoms with Crippen LogP contribution in [0.1, 0.15) is 30.3 Å². The van der Waals surface area contributed by atoms with E-state index < -0.39 is 0 Å².